The van der Waals surface area contributed by atoms with Crippen LogP contribution in [0.15, 0.2) is 36.4 Å². The van der Waals surface area contributed by atoms with Gasteiger partial charge in [-0.2, -0.15) is 13.2 Å². The summed E-state index contributed by atoms with van der Waals surface area (Å²) < 4.78 is 44.7. The highest BCUT2D eigenvalue weighted by atomic mass is 35.5. The molecular weight excluding hydrogens is 405 g/mol. The highest BCUT2D eigenvalue weighted by Gasteiger charge is 2.48. The molecule has 2 aliphatic carbocycles. The van der Waals surface area contributed by atoms with Gasteiger partial charge in [0.15, 0.2) is 0 Å². The van der Waals surface area contributed by atoms with Crippen LogP contribution in [0.25, 0.3) is 11.1 Å². The summed E-state index contributed by atoms with van der Waals surface area (Å²) in [6.07, 6.45) is -0.538. The number of alkyl halides is 3. The van der Waals surface area contributed by atoms with E-state index in [0.29, 0.717) is 47.8 Å². The summed E-state index contributed by atoms with van der Waals surface area (Å²) in [5.74, 6) is -0.0195. The Bertz CT molecular complexity index is 930. The van der Waals surface area contributed by atoms with E-state index in [4.69, 9.17) is 16.3 Å². The molecule has 0 amide bonds. The van der Waals surface area contributed by atoms with Crippen LogP contribution in [0.1, 0.15) is 43.2 Å². The maximum atomic E-state index is 13.0. The van der Waals surface area contributed by atoms with Crippen LogP contribution >= 0.6 is 11.6 Å². The number of carboxylic acid groups (broad SMARTS) is 1. The number of carbonyl (C=O) groups is 1. The van der Waals surface area contributed by atoms with Crippen molar-refractivity contribution < 1.29 is 27.8 Å². The fourth-order valence-corrected chi connectivity index (χ4v) is 4.12. The van der Waals surface area contributed by atoms with E-state index in [1.807, 2.05) is 0 Å². The van der Waals surface area contributed by atoms with Gasteiger partial charge < -0.3 is 9.84 Å². The largest absolute Gasteiger partial charge is 0.492 e. The molecule has 2 aromatic rings. The van der Waals surface area contributed by atoms with E-state index in [-0.39, 0.29) is 5.02 Å². The molecule has 0 atom stereocenters. The summed E-state index contributed by atoms with van der Waals surface area (Å²) in [7, 11) is 0. The van der Waals surface area contributed by atoms with Crippen LogP contribution < -0.4 is 4.74 Å². The molecule has 154 valence electrons. The molecule has 0 heterocycles. The van der Waals surface area contributed by atoms with Gasteiger partial charge in [0.05, 0.1) is 22.6 Å². The van der Waals surface area contributed by atoms with Crippen LogP contribution in [0.3, 0.4) is 0 Å². The minimum Gasteiger partial charge on any atom is -0.492 e. The third-order valence-corrected chi connectivity index (χ3v) is 6.29. The number of hydrogen-bond acceptors (Lipinski definition) is 2. The number of halogens is 4. The number of hydrogen-bond donors (Lipinski definition) is 1. The normalized spacial score (nSPS) is 18.2. The lowest BCUT2D eigenvalue weighted by Crippen LogP contribution is -2.42. The van der Waals surface area contributed by atoms with E-state index in [9.17, 15) is 23.1 Å². The smallest absolute Gasteiger partial charge is 0.416 e. The van der Waals surface area contributed by atoms with Gasteiger partial charge in [0, 0.05) is 5.56 Å². The van der Waals surface area contributed by atoms with Crippen molar-refractivity contribution in [2.24, 2.45) is 5.92 Å². The van der Waals surface area contributed by atoms with Gasteiger partial charge in [0.1, 0.15) is 5.75 Å². The van der Waals surface area contributed by atoms with Gasteiger partial charge in [-0.25, -0.2) is 0 Å². The SMILES string of the molecule is O=C(O)C1(c2ccc(OCC3CC3)c(Cl)c2-c2ccc(C(F)(F)F)cc2)CCC1. The lowest BCUT2D eigenvalue weighted by molar-refractivity contribution is -0.147. The van der Waals surface area contributed by atoms with Gasteiger partial charge in [-0.1, -0.05) is 36.2 Å². The average Bonchev–Trinajstić information content (AvgIpc) is 3.44. The molecule has 7 heteroatoms. The number of aliphatic carboxylic acids is 1. The van der Waals surface area contributed by atoms with Crippen molar-refractivity contribution in [2.45, 2.75) is 43.7 Å². The molecule has 0 unspecified atom stereocenters. The first kappa shape index (κ1) is 20.1. The van der Waals surface area contributed by atoms with E-state index in [0.717, 1.165) is 31.4 Å². The molecule has 2 saturated carbocycles. The van der Waals surface area contributed by atoms with Crippen molar-refractivity contribution in [1.82, 2.24) is 0 Å². The van der Waals surface area contributed by atoms with E-state index in [1.165, 1.54) is 12.1 Å². The second-order valence-electron chi connectivity index (χ2n) is 7.87. The lowest BCUT2D eigenvalue weighted by Gasteiger charge is -2.39. The number of rotatable bonds is 6. The molecule has 0 bridgehead atoms. The van der Waals surface area contributed by atoms with Crippen LogP contribution in [-0.4, -0.2) is 17.7 Å². The Morgan fingerprint density at radius 3 is 2.28 bits per heavy atom. The predicted molar refractivity (Wildman–Crippen MR) is 103 cm³/mol. The second kappa shape index (κ2) is 7.24. The Kier molecular flexibility index (Phi) is 5.01. The van der Waals surface area contributed by atoms with E-state index >= 15 is 0 Å². The zero-order valence-corrected chi connectivity index (χ0v) is 16.3. The van der Waals surface area contributed by atoms with Gasteiger partial charge in [-0.15, -0.1) is 0 Å². The third-order valence-electron chi connectivity index (χ3n) is 5.91. The third kappa shape index (κ3) is 3.70. The van der Waals surface area contributed by atoms with Crippen LogP contribution in [0.5, 0.6) is 5.75 Å². The molecule has 0 radical (unpaired) electrons. The van der Waals surface area contributed by atoms with Crippen molar-refractivity contribution in [3.8, 4) is 16.9 Å². The summed E-state index contributed by atoms with van der Waals surface area (Å²) >= 11 is 6.63. The second-order valence-corrected chi connectivity index (χ2v) is 8.25. The zero-order valence-electron chi connectivity index (χ0n) is 15.6. The Balaban J connectivity index is 1.81. The van der Waals surface area contributed by atoms with Crippen molar-refractivity contribution >= 4 is 17.6 Å². The summed E-state index contributed by atoms with van der Waals surface area (Å²) in [6, 6.07) is 8.03. The average molecular weight is 425 g/mol. The van der Waals surface area contributed by atoms with Crippen molar-refractivity contribution in [1.29, 1.82) is 0 Å². The molecule has 2 aromatic carbocycles. The fraction of sp³-hybridized carbons (Fsp3) is 0.409. The lowest BCUT2D eigenvalue weighted by atomic mass is 9.63. The molecule has 0 saturated heterocycles. The van der Waals surface area contributed by atoms with Crippen LogP contribution in [0.2, 0.25) is 5.02 Å². The molecule has 3 nitrogen and oxygen atoms in total. The van der Waals surface area contributed by atoms with Gasteiger partial charge in [-0.05, 0) is 60.9 Å². The minimum atomic E-state index is -4.45. The van der Waals surface area contributed by atoms with E-state index in [2.05, 4.69) is 0 Å². The number of carboxylic acids is 1. The molecule has 2 aliphatic rings. The number of ether oxygens (including phenoxy) is 1. The molecule has 1 N–H and O–H groups in total. The van der Waals surface area contributed by atoms with Crippen molar-refractivity contribution in [2.75, 3.05) is 6.61 Å². The van der Waals surface area contributed by atoms with Crippen LogP contribution in [0.4, 0.5) is 13.2 Å². The monoisotopic (exact) mass is 424 g/mol. The molecule has 0 aliphatic heterocycles. The van der Waals surface area contributed by atoms with Gasteiger partial charge in [0.2, 0.25) is 0 Å². The molecule has 4 rings (SSSR count). The Morgan fingerprint density at radius 1 is 1.14 bits per heavy atom. The maximum absolute atomic E-state index is 13.0. The highest BCUT2D eigenvalue weighted by molar-refractivity contribution is 6.35. The highest BCUT2D eigenvalue weighted by Crippen LogP contribution is 2.51. The Hall–Kier alpha value is -2.21. The summed E-state index contributed by atoms with van der Waals surface area (Å²) in [6.45, 7) is 0.523. The van der Waals surface area contributed by atoms with Crippen molar-refractivity contribution in [3.05, 3.63) is 52.5 Å². The van der Waals surface area contributed by atoms with E-state index < -0.39 is 23.1 Å². The molecular formula is C22H20ClF3O3. The quantitative estimate of drug-likeness (QED) is 0.590. The summed E-state index contributed by atoms with van der Waals surface area (Å²) in [4.78, 5) is 12.1. The minimum absolute atomic E-state index is 0.246. The first-order chi connectivity index (χ1) is 13.7. The summed E-state index contributed by atoms with van der Waals surface area (Å²) in [5, 5.41) is 10.1. The fourth-order valence-electron chi connectivity index (χ4n) is 3.80. The van der Waals surface area contributed by atoms with Gasteiger partial charge in [0.25, 0.3) is 0 Å². The summed E-state index contributed by atoms with van der Waals surface area (Å²) in [5.41, 5.74) is -0.425. The predicted octanol–water partition coefficient (Wildman–Crippen LogP) is 6.32. The van der Waals surface area contributed by atoms with E-state index in [1.54, 1.807) is 12.1 Å². The molecule has 0 aromatic heterocycles. The molecule has 29 heavy (non-hydrogen) atoms. The van der Waals surface area contributed by atoms with Gasteiger partial charge >= 0.3 is 12.1 Å². The number of benzene rings is 2. The molecule has 0 spiro atoms. The molecule has 2 fully saturated rings. The van der Waals surface area contributed by atoms with Crippen LogP contribution in [-0.2, 0) is 16.4 Å². The van der Waals surface area contributed by atoms with Gasteiger partial charge in [-0.3, -0.25) is 4.79 Å². The first-order valence-corrected chi connectivity index (χ1v) is 9.97. The zero-order chi connectivity index (χ0) is 20.8. The maximum Gasteiger partial charge on any atom is 0.416 e. The van der Waals surface area contributed by atoms with Crippen molar-refractivity contribution in [3.63, 3.8) is 0 Å². The Morgan fingerprint density at radius 2 is 1.79 bits per heavy atom. The Labute approximate surface area is 171 Å². The standard InChI is InChI=1S/C22H20ClF3O3/c23-19-17(29-12-13-2-3-13)9-8-16(21(20(27)28)10-1-11-21)18(19)14-4-6-15(7-5-14)22(24,25)26/h4-9,13H,1-3,10-12H2,(H,27,28). The first-order valence-electron chi connectivity index (χ1n) is 9.59. The topological polar surface area (TPSA) is 46.5 Å². The van der Waals surface area contributed by atoms with Crippen LogP contribution in [0, 0.1) is 5.92 Å².